The van der Waals surface area contributed by atoms with Gasteiger partial charge in [0.2, 0.25) is 5.16 Å². The molecule has 0 aliphatic carbocycles. The molecule has 0 aliphatic heterocycles. The molecule has 6 nitrogen and oxygen atoms in total. The minimum absolute atomic E-state index is 0.680. The van der Waals surface area contributed by atoms with Gasteiger partial charge in [-0.1, -0.05) is 18.7 Å². The van der Waals surface area contributed by atoms with Gasteiger partial charge in [-0.25, -0.2) is 4.68 Å². The zero-order chi connectivity index (χ0) is 12.0. The summed E-state index contributed by atoms with van der Waals surface area (Å²) in [5.74, 6) is 0.870. The third kappa shape index (κ3) is 3.47. The molecule has 0 aliphatic rings. The van der Waals surface area contributed by atoms with Gasteiger partial charge in [-0.2, -0.15) is 5.26 Å². The maximum absolute atomic E-state index is 8.89. The lowest BCUT2D eigenvalue weighted by Crippen LogP contribution is -2.37. The van der Waals surface area contributed by atoms with Crippen molar-refractivity contribution in [3.63, 3.8) is 0 Å². The third-order valence-corrected chi connectivity index (χ3v) is 3.53. The minimum atomic E-state index is -0.682. The predicted octanol–water partition coefficient (Wildman–Crippen LogP) is 0.713. The summed E-state index contributed by atoms with van der Waals surface area (Å²) in [4.78, 5) is 0. The Hall–Kier alpha value is -1.13. The van der Waals surface area contributed by atoms with Crippen LogP contribution in [0, 0.1) is 11.3 Å². The molecule has 0 fully saturated rings. The summed E-state index contributed by atoms with van der Waals surface area (Å²) in [7, 11) is 1.80. The highest BCUT2D eigenvalue weighted by Crippen LogP contribution is 2.18. The maximum Gasteiger partial charge on any atom is 0.209 e. The van der Waals surface area contributed by atoms with Crippen LogP contribution in [0.3, 0.4) is 0 Å². The van der Waals surface area contributed by atoms with Gasteiger partial charge in [-0.05, 0) is 29.7 Å². The van der Waals surface area contributed by atoms with Gasteiger partial charge < -0.3 is 5.73 Å². The monoisotopic (exact) mass is 240 g/mol. The summed E-state index contributed by atoms with van der Waals surface area (Å²) in [6.45, 7) is 1.93. The first-order chi connectivity index (χ1) is 7.61. The van der Waals surface area contributed by atoms with Gasteiger partial charge in [-0.15, -0.1) is 5.10 Å². The van der Waals surface area contributed by atoms with E-state index in [2.05, 4.69) is 21.6 Å². The molecular weight excluding hydrogens is 224 g/mol. The molecule has 0 saturated carbocycles. The van der Waals surface area contributed by atoms with E-state index in [1.807, 2.05) is 6.92 Å². The maximum atomic E-state index is 8.89. The fraction of sp³-hybridized carbons (Fsp3) is 0.778. The van der Waals surface area contributed by atoms with Crippen LogP contribution in [0.15, 0.2) is 5.16 Å². The Kier molecular flexibility index (Phi) is 4.71. The lowest BCUT2D eigenvalue weighted by Gasteiger charge is -2.18. The highest BCUT2D eigenvalue weighted by Gasteiger charge is 2.21. The number of aromatic nitrogens is 4. The van der Waals surface area contributed by atoms with Crippen molar-refractivity contribution in [2.24, 2.45) is 12.8 Å². The topological polar surface area (TPSA) is 93.4 Å². The average molecular weight is 240 g/mol. The van der Waals surface area contributed by atoms with E-state index in [1.165, 1.54) is 0 Å². The number of nitriles is 1. The van der Waals surface area contributed by atoms with Gasteiger partial charge in [-0.3, -0.25) is 0 Å². The first kappa shape index (κ1) is 12.9. The van der Waals surface area contributed by atoms with Crippen LogP contribution < -0.4 is 5.73 Å². The summed E-state index contributed by atoms with van der Waals surface area (Å²) in [6.07, 6.45) is 2.27. The molecule has 0 amide bonds. The number of tetrazole rings is 1. The van der Waals surface area contributed by atoms with Crippen molar-refractivity contribution in [1.82, 2.24) is 20.2 Å². The molecule has 1 atom stereocenters. The van der Waals surface area contributed by atoms with Crippen LogP contribution in [0.5, 0.6) is 0 Å². The van der Waals surface area contributed by atoms with E-state index in [4.69, 9.17) is 11.0 Å². The Morgan fingerprint density at radius 2 is 2.38 bits per heavy atom. The molecule has 1 unspecified atom stereocenters. The highest BCUT2D eigenvalue weighted by atomic mass is 32.2. The number of nitrogens with zero attached hydrogens (tertiary/aromatic N) is 5. The Labute approximate surface area is 99.2 Å². The van der Waals surface area contributed by atoms with Gasteiger partial charge >= 0.3 is 0 Å². The molecular formula is C9H16N6S. The summed E-state index contributed by atoms with van der Waals surface area (Å²) >= 11 is 1.58. The van der Waals surface area contributed by atoms with Crippen LogP contribution in [0.2, 0.25) is 0 Å². The van der Waals surface area contributed by atoms with Gasteiger partial charge in [0, 0.05) is 12.8 Å². The smallest absolute Gasteiger partial charge is 0.209 e. The number of aryl methyl sites for hydroxylation is 1. The van der Waals surface area contributed by atoms with E-state index in [0.717, 1.165) is 17.3 Å². The number of thioether (sulfide) groups is 1. The largest absolute Gasteiger partial charge is 0.313 e. The lowest BCUT2D eigenvalue weighted by molar-refractivity contribution is 0.478. The normalized spacial score (nSPS) is 14.4. The van der Waals surface area contributed by atoms with E-state index in [-0.39, 0.29) is 0 Å². The molecule has 1 aromatic rings. The average Bonchev–Trinajstić information content (AvgIpc) is 2.70. The van der Waals surface area contributed by atoms with Crippen LogP contribution in [0.25, 0.3) is 0 Å². The molecule has 1 aromatic heterocycles. The standard InChI is InChI=1S/C9H16N6S/c1-3-9(11,7-10)5-4-6-16-8-12-13-14-15(8)2/h3-6,11H2,1-2H3. The molecule has 2 N–H and O–H groups in total. The molecule has 0 bridgehead atoms. The van der Waals surface area contributed by atoms with E-state index in [0.29, 0.717) is 12.8 Å². The van der Waals surface area contributed by atoms with E-state index >= 15 is 0 Å². The van der Waals surface area contributed by atoms with Crippen molar-refractivity contribution in [3.8, 4) is 6.07 Å². The van der Waals surface area contributed by atoms with Gasteiger partial charge in [0.25, 0.3) is 0 Å². The zero-order valence-electron chi connectivity index (χ0n) is 9.55. The number of hydrogen-bond donors (Lipinski definition) is 1. The van der Waals surface area contributed by atoms with E-state index < -0.39 is 5.54 Å². The second-order valence-electron chi connectivity index (χ2n) is 3.66. The zero-order valence-corrected chi connectivity index (χ0v) is 10.4. The van der Waals surface area contributed by atoms with Crippen LogP contribution >= 0.6 is 11.8 Å². The van der Waals surface area contributed by atoms with Crippen LogP contribution in [-0.2, 0) is 7.05 Å². The second-order valence-corrected chi connectivity index (χ2v) is 4.72. The van der Waals surface area contributed by atoms with Crippen LogP contribution in [0.1, 0.15) is 26.2 Å². The minimum Gasteiger partial charge on any atom is -0.313 e. The van der Waals surface area contributed by atoms with Crippen molar-refractivity contribution in [1.29, 1.82) is 5.26 Å². The summed E-state index contributed by atoms with van der Waals surface area (Å²) in [6, 6.07) is 2.16. The number of rotatable bonds is 6. The quantitative estimate of drug-likeness (QED) is 0.581. The van der Waals surface area contributed by atoms with Gasteiger partial charge in [0.15, 0.2) is 0 Å². The summed E-state index contributed by atoms with van der Waals surface area (Å²) in [5, 5.41) is 20.8. The SMILES string of the molecule is CCC(N)(C#N)CCCSc1nnnn1C. The first-order valence-electron chi connectivity index (χ1n) is 5.16. The van der Waals surface area contributed by atoms with Crippen molar-refractivity contribution < 1.29 is 0 Å². The molecule has 0 aromatic carbocycles. The molecule has 1 rings (SSSR count). The molecule has 1 heterocycles. The van der Waals surface area contributed by atoms with Crippen LogP contribution in [-0.4, -0.2) is 31.5 Å². The molecule has 7 heteroatoms. The third-order valence-electron chi connectivity index (χ3n) is 2.43. The Bertz CT molecular complexity index is 370. The highest BCUT2D eigenvalue weighted by molar-refractivity contribution is 7.99. The fourth-order valence-corrected chi connectivity index (χ4v) is 2.00. The summed E-state index contributed by atoms with van der Waals surface area (Å²) < 4.78 is 1.63. The van der Waals surface area contributed by atoms with E-state index in [9.17, 15) is 0 Å². The lowest BCUT2D eigenvalue weighted by atomic mass is 9.94. The number of hydrogen-bond acceptors (Lipinski definition) is 6. The molecule has 0 spiro atoms. The van der Waals surface area contributed by atoms with Crippen LogP contribution in [0.4, 0.5) is 0 Å². The molecule has 0 radical (unpaired) electrons. The Morgan fingerprint density at radius 1 is 1.62 bits per heavy atom. The Balaban J connectivity index is 2.28. The molecule has 16 heavy (non-hydrogen) atoms. The second kappa shape index (κ2) is 5.82. The van der Waals surface area contributed by atoms with Crippen molar-refractivity contribution in [3.05, 3.63) is 0 Å². The van der Waals surface area contributed by atoms with E-state index in [1.54, 1.807) is 23.5 Å². The number of nitrogens with two attached hydrogens (primary N) is 1. The first-order valence-corrected chi connectivity index (χ1v) is 6.15. The molecule has 0 saturated heterocycles. The van der Waals surface area contributed by atoms with Gasteiger partial charge in [0.05, 0.1) is 6.07 Å². The Morgan fingerprint density at radius 3 is 2.88 bits per heavy atom. The van der Waals surface area contributed by atoms with Crippen molar-refractivity contribution >= 4 is 11.8 Å². The molecule has 88 valence electrons. The van der Waals surface area contributed by atoms with Crippen molar-refractivity contribution in [2.75, 3.05) is 5.75 Å². The van der Waals surface area contributed by atoms with Crippen molar-refractivity contribution in [2.45, 2.75) is 36.9 Å². The summed E-state index contributed by atoms with van der Waals surface area (Å²) in [5.41, 5.74) is 5.19. The predicted molar refractivity (Wildman–Crippen MR) is 61.6 cm³/mol. The van der Waals surface area contributed by atoms with Gasteiger partial charge in [0.1, 0.15) is 5.54 Å². The fourth-order valence-electron chi connectivity index (χ4n) is 1.21.